The van der Waals surface area contributed by atoms with Crippen LogP contribution in [-0.2, 0) is 6.54 Å². The number of nitrogens with two attached hydrogens (primary N) is 1. The third-order valence-electron chi connectivity index (χ3n) is 3.56. The molecule has 1 aliphatic heterocycles. The second kappa shape index (κ2) is 5.87. The fourth-order valence-electron chi connectivity index (χ4n) is 2.40. The third kappa shape index (κ3) is 3.25. The van der Waals surface area contributed by atoms with Crippen LogP contribution in [0.5, 0.6) is 0 Å². The predicted molar refractivity (Wildman–Crippen MR) is 79.7 cm³/mol. The van der Waals surface area contributed by atoms with Gasteiger partial charge >= 0.3 is 0 Å². The number of rotatable bonds is 3. The van der Waals surface area contributed by atoms with E-state index in [1.807, 2.05) is 0 Å². The second-order valence-corrected chi connectivity index (χ2v) is 5.43. The molecule has 3 rings (SSSR count). The van der Waals surface area contributed by atoms with Gasteiger partial charge in [-0.05, 0) is 17.7 Å². The molecule has 2 heterocycles. The summed E-state index contributed by atoms with van der Waals surface area (Å²) in [7, 11) is 0. The highest BCUT2D eigenvalue weighted by molar-refractivity contribution is 6.31. The maximum Gasteiger partial charge on any atom is 0.246 e. The van der Waals surface area contributed by atoms with Crippen LogP contribution in [0.3, 0.4) is 0 Å². The fourth-order valence-corrected chi connectivity index (χ4v) is 2.63. The number of aromatic amines is 1. The van der Waals surface area contributed by atoms with E-state index in [2.05, 4.69) is 25.0 Å². The number of piperazine rings is 1. The molecule has 2 aromatic rings. The number of H-pyrrole nitrogens is 1. The number of benzene rings is 1. The fraction of sp³-hybridized carbons (Fsp3) is 0.385. The van der Waals surface area contributed by atoms with Gasteiger partial charge in [-0.25, -0.2) is 9.49 Å². The summed E-state index contributed by atoms with van der Waals surface area (Å²) in [6, 6.07) is 4.53. The van der Waals surface area contributed by atoms with Crippen LogP contribution in [-0.4, -0.2) is 46.3 Å². The van der Waals surface area contributed by atoms with Crippen LogP contribution in [0, 0.1) is 5.82 Å². The number of nitrogens with one attached hydrogen (secondary N) is 1. The van der Waals surface area contributed by atoms with E-state index in [0.29, 0.717) is 23.5 Å². The van der Waals surface area contributed by atoms with Gasteiger partial charge in [0, 0.05) is 37.7 Å². The van der Waals surface area contributed by atoms with Gasteiger partial charge in [0.2, 0.25) is 11.9 Å². The van der Waals surface area contributed by atoms with E-state index in [-0.39, 0.29) is 5.82 Å². The first-order valence-electron chi connectivity index (χ1n) is 6.71. The molecule has 3 N–H and O–H groups in total. The highest BCUT2D eigenvalue weighted by Crippen LogP contribution is 2.20. The molecule has 6 nitrogen and oxygen atoms in total. The number of nitrogens with zero attached hydrogens (tertiary/aromatic N) is 4. The maximum atomic E-state index is 13.0. The first kappa shape index (κ1) is 14.1. The van der Waals surface area contributed by atoms with Gasteiger partial charge in [-0.3, -0.25) is 4.90 Å². The first-order valence-corrected chi connectivity index (χ1v) is 7.09. The Morgan fingerprint density at radius 1 is 1.29 bits per heavy atom. The van der Waals surface area contributed by atoms with Crippen molar-refractivity contribution < 1.29 is 4.39 Å². The van der Waals surface area contributed by atoms with Crippen LogP contribution in [0.2, 0.25) is 5.02 Å². The van der Waals surface area contributed by atoms with Gasteiger partial charge in [0.1, 0.15) is 5.82 Å². The van der Waals surface area contributed by atoms with Crippen molar-refractivity contribution in [2.75, 3.05) is 36.8 Å². The largest absolute Gasteiger partial charge is 0.368 e. The zero-order valence-corrected chi connectivity index (χ0v) is 12.1. The zero-order valence-electron chi connectivity index (χ0n) is 11.4. The van der Waals surface area contributed by atoms with E-state index in [4.69, 9.17) is 17.3 Å². The molecule has 1 aromatic carbocycles. The Morgan fingerprint density at radius 2 is 2.05 bits per heavy atom. The molecule has 0 saturated carbocycles. The van der Waals surface area contributed by atoms with E-state index in [1.165, 1.54) is 12.1 Å². The second-order valence-electron chi connectivity index (χ2n) is 5.02. The van der Waals surface area contributed by atoms with Crippen molar-refractivity contribution in [3.05, 3.63) is 34.6 Å². The highest BCUT2D eigenvalue weighted by Gasteiger charge is 2.20. The van der Waals surface area contributed by atoms with Gasteiger partial charge in [-0.2, -0.15) is 4.98 Å². The summed E-state index contributed by atoms with van der Waals surface area (Å²) in [5, 5.41) is 7.17. The van der Waals surface area contributed by atoms with E-state index < -0.39 is 0 Å². The van der Waals surface area contributed by atoms with Crippen LogP contribution in [0.1, 0.15) is 5.56 Å². The molecule has 0 bridgehead atoms. The molecular formula is C13H16ClFN6. The molecule has 1 saturated heterocycles. The lowest BCUT2D eigenvalue weighted by atomic mass is 10.2. The Kier molecular flexibility index (Phi) is 3.94. The average molecular weight is 311 g/mol. The number of halogens is 2. The summed E-state index contributed by atoms with van der Waals surface area (Å²) in [5.74, 6) is 0.647. The molecule has 0 unspecified atom stereocenters. The summed E-state index contributed by atoms with van der Waals surface area (Å²) in [6.07, 6.45) is 0. The van der Waals surface area contributed by atoms with Gasteiger partial charge in [0.15, 0.2) is 0 Å². The van der Waals surface area contributed by atoms with Crippen molar-refractivity contribution in [1.29, 1.82) is 0 Å². The van der Waals surface area contributed by atoms with Crippen molar-refractivity contribution in [2.24, 2.45) is 0 Å². The number of hydrogen-bond acceptors (Lipinski definition) is 5. The third-order valence-corrected chi connectivity index (χ3v) is 3.91. The van der Waals surface area contributed by atoms with Crippen molar-refractivity contribution >= 4 is 23.5 Å². The zero-order chi connectivity index (χ0) is 14.8. The number of anilines is 2. The minimum absolute atomic E-state index is 0.309. The molecule has 0 atom stereocenters. The Hall–Kier alpha value is -1.86. The Balaban J connectivity index is 1.58. The summed E-state index contributed by atoms with van der Waals surface area (Å²) < 4.78 is 13.0. The van der Waals surface area contributed by atoms with Gasteiger partial charge < -0.3 is 10.6 Å². The van der Waals surface area contributed by atoms with E-state index in [1.54, 1.807) is 6.07 Å². The van der Waals surface area contributed by atoms with Crippen LogP contribution in [0.15, 0.2) is 18.2 Å². The maximum absolute atomic E-state index is 13.0. The van der Waals surface area contributed by atoms with Crippen LogP contribution >= 0.6 is 11.6 Å². The SMILES string of the molecule is Nc1nc(N2CCN(Cc3ccc(F)cc3Cl)CC2)n[nH]1. The summed E-state index contributed by atoms with van der Waals surface area (Å²) in [6.45, 7) is 4.07. The minimum atomic E-state index is -0.309. The summed E-state index contributed by atoms with van der Waals surface area (Å²) in [5.41, 5.74) is 6.47. The minimum Gasteiger partial charge on any atom is -0.368 e. The molecule has 0 radical (unpaired) electrons. The smallest absolute Gasteiger partial charge is 0.246 e. The molecule has 0 amide bonds. The Morgan fingerprint density at radius 3 is 2.67 bits per heavy atom. The topological polar surface area (TPSA) is 74.1 Å². The molecular weight excluding hydrogens is 295 g/mol. The van der Waals surface area contributed by atoms with Crippen LogP contribution in [0.25, 0.3) is 0 Å². The van der Waals surface area contributed by atoms with Crippen molar-refractivity contribution in [3.8, 4) is 0 Å². The molecule has 1 aromatic heterocycles. The molecule has 112 valence electrons. The molecule has 8 heteroatoms. The Bertz CT molecular complexity index is 623. The Labute approximate surface area is 126 Å². The molecule has 0 spiro atoms. The molecule has 0 aliphatic carbocycles. The summed E-state index contributed by atoms with van der Waals surface area (Å²) >= 11 is 6.06. The van der Waals surface area contributed by atoms with Gasteiger partial charge in [-0.1, -0.05) is 17.7 Å². The van der Waals surface area contributed by atoms with E-state index in [0.717, 1.165) is 31.7 Å². The first-order chi connectivity index (χ1) is 10.1. The molecule has 1 aliphatic rings. The lowest BCUT2D eigenvalue weighted by molar-refractivity contribution is 0.249. The standard InChI is InChI=1S/C13H16ClFN6/c14-11-7-10(15)2-1-9(11)8-20-3-5-21(6-4-20)13-17-12(16)18-19-13/h1-2,7H,3-6,8H2,(H3,16,17,18,19). The molecule has 21 heavy (non-hydrogen) atoms. The van der Waals surface area contributed by atoms with Crippen molar-refractivity contribution in [2.45, 2.75) is 6.54 Å². The van der Waals surface area contributed by atoms with E-state index in [9.17, 15) is 4.39 Å². The van der Waals surface area contributed by atoms with E-state index >= 15 is 0 Å². The summed E-state index contributed by atoms with van der Waals surface area (Å²) in [4.78, 5) is 8.47. The van der Waals surface area contributed by atoms with Crippen molar-refractivity contribution in [3.63, 3.8) is 0 Å². The van der Waals surface area contributed by atoms with Crippen molar-refractivity contribution in [1.82, 2.24) is 20.1 Å². The van der Waals surface area contributed by atoms with Gasteiger partial charge in [0.05, 0.1) is 0 Å². The monoisotopic (exact) mass is 310 g/mol. The van der Waals surface area contributed by atoms with Gasteiger partial charge in [0.25, 0.3) is 0 Å². The number of aromatic nitrogens is 3. The lowest BCUT2D eigenvalue weighted by Gasteiger charge is -2.34. The highest BCUT2D eigenvalue weighted by atomic mass is 35.5. The van der Waals surface area contributed by atoms with Gasteiger partial charge in [-0.15, -0.1) is 5.10 Å². The number of hydrogen-bond donors (Lipinski definition) is 2. The average Bonchev–Trinajstić information content (AvgIpc) is 2.89. The normalized spacial score (nSPS) is 16.4. The lowest BCUT2D eigenvalue weighted by Crippen LogP contribution is -2.46. The predicted octanol–water partition coefficient (Wildman–Crippen LogP) is 1.50. The van der Waals surface area contributed by atoms with Crippen LogP contribution in [0.4, 0.5) is 16.3 Å². The molecule has 1 fully saturated rings. The van der Waals surface area contributed by atoms with Crippen LogP contribution < -0.4 is 10.6 Å². The quantitative estimate of drug-likeness (QED) is 0.899. The number of nitrogen functional groups attached to an aromatic ring is 1.